The van der Waals surface area contributed by atoms with E-state index in [4.69, 9.17) is 5.10 Å². The Balaban J connectivity index is 1.53. The molecule has 1 N–H and O–H groups in total. The summed E-state index contributed by atoms with van der Waals surface area (Å²) in [4.78, 5) is 17.2. The number of anilines is 1. The highest BCUT2D eigenvalue weighted by molar-refractivity contribution is 8.00. The fourth-order valence-corrected chi connectivity index (χ4v) is 4.34. The fourth-order valence-electron chi connectivity index (χ4n) is 3.56. The summed E-state index contributed by atoms with van der Waals surface area (Å²) in [6.07, 6.45) is 4.44. The minimum Gasteiger partial charge on any atom is -0.325 e. The lowest BCUT2D eigenvalue weighted by Gasteiger charge is -2.12. The van der Waals surface area contributed by atoms with Crippen LogP contribution in [-0.4, -0.2) is 26.3 Å². The molecule has 0 bridgehead atoms. The molecule has 0 aliphatic heterocycles. The van der Waals surface area contributed by atoms with Crippen molar-refractivity contribution in [1.29, 1.82) is 0 Å². The summed E-state index contributed by atoms with van der Waals surface area (Å²) in [6, 6.07) is 14.5. The molecule has 0 unspecified atom stereocenters. The van der Waals surface area contributed by atoms with Gasteiger partial charge in [-0.1, -0.05) is 49.0 Å². The molecule has 0 spiro atoms. The molecule has 0 radical (unpaired) electrons. The average molecular weight is 431 g/mol. The third-order valence-corrected chi connectivity index (χ3v) is 6.50. The number of para-hydroxylation sites is 1. The maximum Gasteiger partial charge on any atom is 0.234 e. The second-order valence-electron chi connectivity index (χ2n) is 7.69. The second-order valence-corrected chi connectivity index (χ2v) is 8.65. The lowest BCUT2D eigenvalue weighted by atomic mass is 10.0. The molecule has 4 rings (SSSR count). The third-order valence-electron chi connectivity index (χ3n) is 5.50. The van der Waals surface area contributed by atoms with E-state index in [1.165, 1.54) is 22.9 Å². The number of amides is 1. The van der Waals surface area contributed by atoms with Crippen LogP contribution in [0.4, 0.5) is 5.69 Å². The van der Waals surface area contributed by atoms with Gasteiger partial charge in [0.25, 0.3) is 0 Å². The van der Waals surface area contributed by atoms with E-state index in [-0.39, 0.29) is 11.7 Å². The van der Waals surface area contributed by atoms with Crippen LogP contribution < -0.4 is 5.32 Å². The molecule has 2 aromatic carbocycles. The summed E-state index contributed by atoms with van der Waals surface area (Å²) >= 11 is 1.43. The molecule has 0 saturated heterocycles. The number of fused-ring (bicyclic) bond motifs is 1. The molecule has 6 heteroatoms. The number of rotatable bonds is 6. The number of nitrogens with one attached hydrogen (secondary N) is 1. The first kappa shape index (κ1) is 21.1. The zero-order chi connectivity index (χ0) is 22.0. The Morgan fingerprint density at radius 2 is 1.90 bits per heavy atom. The summed E-state index contributed by atoms with van der Waals surface area (Å²) in [5, 5.41) is 8.58. The van der Waals surface area contributed by atoms with Crippen LogP contribution >= 0.6 is 11.8 Å². The molecular weight excluding hydrogens is 404 g/mol. The maximum absolute atomic E-state index is 12.7. The number of thioether (sulfide) groups is 1. The Morgan fingerprint density at radius 3 is 2.68 bits per heavy atom. The van der Waals surface area contributed by atoms with Gasteiger partial charge in [0.05, 0.1) is 17.0 Å². The molecule has 2 aromatic heterocycles. The molecular formula is C25H26N4OS. The van der Waals surface area contributed by atoms with Gasteiger partial charge in [0.1, 0.15) is 5.03 Å². The summed E-state index contributed by atoms with van der Waals surface area (Å²) in [5.41, 5.74) is 8.51. The van der Waals surface area contributed by atoms with Gasteiger partial charge < -0.3 is 5.32 Å². The minimum absolute atomic E-state index is 0.0355. The van der Waals surface area contributed by atoms with Crippen molar-refractivity contribution in [3.63, 3.8) is 0 Å². The van der Waals surface area contributed by atoms with Crippen molar-refractivity contribution in [3.8, 4) is 11.3 Å². The summed E-state index contributed by atoms with van der Waals surface area (Å²) < 4.78 is 1.83. The standard InChI is InChI=1S/C25H26N4OS/c1-5-19-8-6-7-17(3)24(19)27-23(30)15-31-25-22-14-21(28-29(22)12-11-26-25)20-10-9-16(2)18(4)13-20/h6-14H,5,15H2,1-4H3,(H,27,30). The Hall–Kier alpha value is -3.12. The first-order chi connectivity index (χ1) is 15.0. The number of aryl methyl sites for hydroxylation is 4. The van der Waals surface area contributed by atoms with E-state index in [9.17, 15) is 4.79 Å². The molecule has 5 nitrogen and oxygen atoms in total. The predicted molar refractivity (Wildman–Crippen MR) is 128 cm³/mol. The van der Waals surface area contributed by atoms with Crippen LogP contribution in [0.3, 0.4) is 0 Å². The van der Waals surface area contributed by atoms with Crippen LogP contribution in [0.2, 0.25) is 0 Å². The van der Waals surface area contributed by atoms with Crippen molar-refractivity contribution in [1.82, 2.24) is 14.6 Å². The quantitative estimate of drug-likeness (QED) is 0.404. The monoisotopic (exact) mass is 430 g/mol. The number of nitrogens with zero attached hydrogens (tertiary/aromatic N) is 3. The summed E-state index contributed by atoms with van der Waals surface area (Å²) in [6.45, 7) is 8.32. The van der Waals surface area contributed by atoms with Crippen molar-refractivity contribution in [2.45, 2.75) is 39.1 Å². The van der Waals surface area contributed by atoms with Crippen LogP contribution in [0.15, 0.2) is 59.9 Å². The fraction of sp³-hybridized carbons (Fsp3) is 0.240. The van der Waals surface area contributed by atoms with Crippen molar-refractivity contribution >= 4 is 28.9 Å². The number of carbonyl (C=O) groups is 1. The third kappa shape index (κ3) is 4.49. The van der Waals surface area contributed by atoms with Crippen molar-refractivity contribution in [2.75, 3.05) is 11.1 Å². The van der Waals surface area contributed by atoms with Gasteiger partial charge in [0.15, 0.2) is 0 Å². The zero-order valence-corrected chi connectivity index (χ0v) is 19.1. The van der Waals surface area contributed by atoms with Crippen LogP contribution in [0, 0.1) is 20.8 Å². The normalized spacial score (nSPS) is 11.1. The van der Waals surface area contributed by atoms with Crippen molar-refractivity contribution in [3.05, 3.63) is 77.1 Å². The maximum atomic E-state index is 12.7. The molecule has 0 aliphatic rings. The highest BCUT2D eigenvalue weighted by atomic mass is 32.2. The number of benzene rings is 2. The molecule has 158 valence electrons. The smallest absolute Gasteiger partial charge is 0.234 e. The van der Waals surface area contributed by atoms with Gasteiger partial charge in [0, 0.05) is 23.6 Å². The van der Waals surface area contributed by atoms with Gasteiger partial charge in [-0.15, -0.1) is 0 Å². The van der Waals surface area contributed by atoms with Crippen LogP contribution in [0.5, 0.6) is 0 Å². The van der Waals surface area contributed by atoms with Crippen LogP contribution in [0.1, 0.15) is 29.2 Å². The molecule has 0 atom stereocenters. The van der Waals surface area contributed by atoms with Gasteiger partial charge in [-0.3, -0.25) is 4.79 Å². The molecule has 1 amide bonds. The predicted octanol–water partition coefficient (Wildman–Crippen LogP) is 5.61. The Morgan fingerprint density at radius 1 is 1.06 bits per heavy atom. The number of hydrogen-bond donors (Lipinski definition) is 1. The molecule has 4 aromatic rings. The van der Waals surface area contributed by atoms with Crippen molar-refractivity contribution < 1.29 is 4.79 Å². The van der Waals surface area contributed by atoms with E-state index in [2.05, 4.69) is 55.3 Å². The molecule has 0 aliphatic carbocycles. The van der Waals surface area contributed by atoms with E-state index in [1.54, 1.807) is 6.20 Å². The minimum atomic E-state index is -0.0355. The summed E-state index contributed by atoms with van der Waals surface area (Å²) in [7, 11) is 0. The number of hydrogen-bond acceptors (Lipinski definition) is 4. The van der Waals surface area contributed by atoms with Crippen LogP contribution in [-0.2, 0) is 11.2 Å². The van der Waals surface area contributed by atoms with E-state index < -0.39 is 0 Å². The first-order valence-electron chi connectivity index (χ1n) is 10.4. The topological polar surface area (TPSA) is 59.3 Å². The van der Waals surface area contributed by atoms with Gasteiger partial charge >= 0.3 is 0 Å². The lowest BCUT2D eigenvalue weighted by molar-refractivity contribution is -0.113. The van der Waals surface area contributed by atoms with Crippen LogP contribution in [0.25, 0.3) is 16.8 Å². The zero-order valence-electron chi connectivity index (χ0n) is 18.3. The Kier molecular flexibility index (Phi) is 6.09. The first-order valence-corrected chi connectivity index (χ1v) is 11.4. The highest BCUT2D eigenvalue weighted by Gasteiger charge is 2.13. The Bertz CT molecular complexity index is 1260. The van der Waals surface area contributed by atoms with Crippen molar-refractivity contribution in [2.24, 2.45) is 0 Å². The number of carbonyl (C=O) groups excluding carboxylic acids is 1. The molecule has 0 fully saturated rings. The largest absolute Gasteiger partial charge is 0.325 e. The molecule has 31 heavy (non-hydrogen) atoms. The lowest BCUT2D eigenvalue weighted by Crippen LogP contribution is -2.16. The van der Waals surface area contributed by atoms with E-state index in [1.807, 2.05) is 35.8 Å². The summed E-state index contributed by atoms with van der Waals surface area (Å²) in [5.74, 6) is 0.251. The van der Waals surface area contributed by atoms with E-state index in [0.717, 1.165) is 45.0 Å². The van der Waals surface area contributed by atoms with E-state index >= 15 is 0 Å². The Labute approximate surface area is 186 Å². The van der Waals surface area contributed by atoms with Gasteiger partial charge in [-0.25, -0.2) is 9.50 Å². The van der Waals surface area contributed by atoms with E-state index in [0.29, 0.717) is 0 Å². The SMILES string of the molecule is CCc1cccc(C)c1NC(=O)CSc1nccn2nc(-c3ccc(C)c(C)c3)cc12. The highest BCUT2D eigenvalue weighted by Crippen LogP contribution is 2.28. The molecule has 2 heterocycles. The van der Waals surface area contributed by atoms with Gasteiger partial charge in [-0.2, -0.15) is 5.10 Å². The number of aromatic nitrogens is 3. The average Bonchev–Trinajstić information content (AvgIpc) is 3.20. The molecule has 0 saturated carbocycles. The van der Waals surface area contributed by atoms with Gasteiger partial charge in [-0.05, 0) is 61.6 Å². The second kappa shape index (κ2) is 8.94. The van der Waals surface area contributed by atoms with Gasteiger partial charge in [0.2, 0.25) is 5.91 Å².